The van der Waals surface area contributed by atoms with E-state index in [9.17, 15) is 4.79 Å². The number of benzene rings is 1. The number of carbonyl (C=O) groups is 1. The van der Waals surface area contributed by atoms with Gasteiger partial charge in [-0.05, 0) is 44.4 Å². The maximum Gasteiger partial charge on any atom is 0.238 e. The molecule has 4 nitrogen and oxygen atoms in total. The van der Waals surface area contributed by atoms with Crippen molar-refractivity contribution in [1.82, 2.24) is 4.90 Å². The molecule has 1 aromatic rings. The minimum atomic E-state index is -0.120. The molecule has 1 aliphatic heterocycles. The maximum absolute atomic E-state index is 12.2. The molecule has 1 saturated heterocycles. The number of nitrogens with zero attached hydrogens (tertiary/aromatic N) is 1. The second kappa shape index (κ2) is 9.30. The second-order valence-corrected chi connectivity index (χ2v) is 7.01. The van der Waals surface area contributed by atoms with Crippen LogP contribution in [0.5, 0.6) is 0 Å². The summed E-state index contributed by atoms with van der Waals surface area (Å²) >= 11 is 17.9. The van der Waals surface area contributed by atoms with Crippen molar-refractivity contribution < 1.29 is 4.79 Å². The Morgan fingerprint density at radius 2 is 2.00 bits per heavy atom. The number of carbonyl (C=O) groups excluding carboxylic acids is 1. The lowest BCUT2D eigenvalue weighted by Gasteiger charge is -2.34. The van der Waals surface area contributed by atoms with Crippen LogP contribution in [0, 0.1) is 5.92 Å². The zero-order valence-corrected chi connectivity index (χ0v) is 15.9. The molecule has 1 aromatic carbocycles. The molecule has 2 rings (SSSR count). The normalized spacial score (nSPS) is 19.8. The van der Waals surface area contributed by atoms with Gasteiger partial charge in [-0.15, -0.1) is 12.4 Å². The van der Waals surface area contributed by atoms with Gasteiger partial charge in [0.15, 0.2) is 0 Å². The topological polar surface area (TPSA) is 58.4 Å². The molecule has 130 valence electrons. The van der Waals surface area contributed by atoms with Gasteiger partial charge in [0.05, 0.1) is 27.3 Å². The van der Waals surface area contributed by atoms with Gasteiger partial charge in [0.1, 0.15) is 0 Å². The van der Waals surface area contributed by atoms with Gasteiger partial charge < -0.3 is 11.1 Å². The Morgan fingerprint density at radius 1 is 1.35 bits per heavy atom. The first kappa shape index (κ1) is 20.8. The first-order valence-corrected chi connectivity index (χ1v) is 8.42. The van der Waals surface area contributed by atoms with Crippen molar-refractivity contribution in [3.05, 3.63) is 27.2 Å². The summed E-state index contributed by atoms with van der Waals surface area (Å²) in [4.78, 5) is 14.3. The van der Waals surface area contributed by atoms with Crippen molar-refractivity contribution >= 4 is 58.8 Å². The fourth-order valence-corrected chi connectivity index (χ4v) is 3.27. The van der Waals surface area contributed by atoms with Crippen LogP contribution in [-0.2, 0) is 4.79 Å². The van der Waals surface area contributed by atoms with E-state index in [-0.39, 0.29) is 24.4 Å². The second-order valence-electron chi connectivity index (χ2n) is 5.79. The predicted molar refractivity (Wildman–Crippen MR) is 100 cm³/mol. The van der Waals surface area contributed by atoms with E-state index < -0.39 is 0 Å². The van der Waals surface area contributed by atoms with E-state index in [1.807, 2.05) is 6.92 Å². The van der Waals surface area contributed by atoms with Crippen molar-refractivity contribution in [3.63, 3.8) is 0 Å². The minimum absolute atomic E-state index is 0. The SMILES string of the molecule is CC(N)C1CCCN(CC(=O)Nc2cc(Cl)c(Cl)cc2Cl)C1.Cl. The van der Waals surface area contributed by atoms with Crippen LogP contribution >= 0.6 is 47.2 Å². The van der Waals surface area contributed by atoms with Crippen LogP contribution in [0.2, 0.25) is 15.1 Å². The van der Waals surface area contributed by atoms with Gasteiger partial charge in [-0.25, -0.2) is 0 Å². The van der Waals surface area contributed by atoms with Gasteiger partial charge in [0.2, 0.25) is 5.91 Å². The zero-order valence-electron chi connectivity index (χ0n) is 12.8. The van der Waals surface area contributed by atoms with Crippen molar-refractivity contribution in [1.29, 1.82) is 0 Å². The van der Waals surface area contributed by atoms with Gasteiger partial charge >= 0.3 is 0 Å². The summed E-state index contributed by atoms with van der Waals surface area (Å²) in [6, 6.07) is 3.23. The molecule has 0 aliphatic carbocycles. The van der Waals surface area contributed by atoms with E-state index in [1.165, 1.54) is 6.07 Å². The lowest BCUT2D eigenvalue weighted by atomic mass is 9.92. The highest BCUT2D eigenvalue weighted by Gasteiger charge is 2.24. The molecule has 2 unspecified atom stereocenters. The first-order chi connectivity index (χ1) is 10.4. The summed E-state index contributed by atoms with van der Waals surface area (Å²) in [5, 5.41) is 3.87. The third-order valence-corrected chi connectivity index (χ3v) is 4.97. The number of rotatable bonds is 4. The molecule has 1 heterocycles. The van der Waals surface area contributed by atoms with Gasteiger partial charge in [-0.1, -0.05) is 34.8 Å². The summed E-state index contributed by atoms with van der Waals surface area (Å²) in [7, 11) is 0. The molecule has 1 amide bonds. The highest BCUT2D eigenvalue weighted by atomic mass is 35.5. The van der Waals surface area contributed by atoms with Crippen LogP contribution in [0.3, 0.4) is 0 Å². The van der Waals surface area contributed by atoms with Crippen molar-refractivity contribution in [2.75, 3.05) is 25.0 Å². The van der Waals surface area contributed by atoms with E-state index >= 15 is 0 Å². The summed E-state index contributed by atoms with van der Waals surface area (Å²) in [5.41, 5.74) is 6.44. The lowest BCUT2D eigenvalue weighted by Crippen LogP contribution is -2.45. The highest BCUT2D eigenvalue weighted by molar-refractivity contribution is 6.44. The van der Waals surface area contributed by atoms with Gasteiger partial charge in [0.25, 0.3) is 0 Å². The van der Waals surface area contributed by atoms with E-state index in [0.29, 0.717) is 33.2 Å². The van der Waals surface area contributed by atoms with E-state index in [4.69, 9.17) is 40.5 Å². The largest absolute Gasteiger partial charge is 0.328 e. The quantitative estimate of drug-likeness (QED) is 0.749. The number of piperidine rings is 1. The Bertz CT molecular complexity index is 554. The zero-order chi connectivity index (χ0) is 16.3. The molecule has 0 saturated carbocycles. The molecule has 1 aliphatic rings. The van der Waals surface area contributed by atoms with E-state index in [0.717, 1.165) is 25.9 Å². The molecular formula is C15H21Cl4N3O. The van der Waals surface area contributed by atoms with Crippen LogP contribution in [0.15, 0.2) is 12.1 Å². The monoisotopic (exact) mass is 399 g/mol. The Labute approximate surface area is 158 Å². The summed E-state index contributed by atoms with van der Waals surface area (Å²) in [6.45, 7) is 4.09. The number of hydrogen-bond donors (Lipinski definition) is 2. The molecule has 0 bridgehead atoms. The number of likely N-dealkylation sites (tertiary alicyclic amines) is 1. The lowest BCUT2D eigenvalue weighted by molar-refractivity contribution is -0.117. The highest BCUT2D eigenvalue weighted by Crippen LogP contribution is 2.32. The van der Waals surface area contributed by atoms with Gasteiger partial charge in [0, 0.05) is 12.6 Å². The van der Waals surface area contributed by atoms with Crippen molar-refractivity contribution in [2.45, 2.75) is 25.8 Å². The molecule has 2 atom stereocenters. The Balaban J connectivity index is 0.00000264. The molecule has 23 heavy (non-hydrogen) atoms. The number of anilines is 1. The van der Waals surface area contributed by atoms with Crippen molar-refractivity contribution in [2.24, 2.45) is 11.7 Å². The van der Waals surface area contributed by atoms with Crippen LogP contribution < -0.4 is 11.1 Å². The first-order valence-electron chi connectivity index (χ1n) is 7.29. The molecular weight excluding hydrogens is 380 g/mol. The van der Waals surface area contributed by atoms with Gasteiger partial charge in [-0.3, -0.25) is 9.69 Å². The summed E-state index contributed by atoms with van der Waals surface area (Å²) in [5.74, 6) is 0.320. The fraction of sp³-hybridized carbons (Fsp3) is 0.533. The predicted octanol–water partition coefficient (Wildman–Crippen LogP) is 4.07. The van der Waals surface area contributed by atoms with Crippen LogP contribution in [0.25, 0.3) is 0 Å². The minimum Gasteiger partial charge on any atom is -0.328 e. The number of amides is 1. The van der Waals surface area contributed by atoms with Crippen molar-refractivity contribution in [3.8, 4) is 0 Å². The molecule has 0 radical (unpaired) electrons. The van der Waals surface area contributed by atoms with E-state index in [1.54, 1.807) is 6.07 Å². The number of nitrogens with two attached hydrogens (primary N) is 1. The Kier molecular flexibility index (Phi) is 8.42. The molecule has 3 N–H and O–H groups in total. The third-order valence-electron chi connectivity index (χ3n) is 3.94. The number of hydrogen-bond acceptors (Lipinski definition) is 3. The molecule has 1 fully saturated rings. The van der Waals surface area contributed by atoms with E-state index in [2.05, 4.69) is 10.2 Å². The summed E-state index contributed by atoms with van der Waals surface area (Å²) < 4.78 is 0. The smallest absolute Gasteiger partial charge is 0.238 e. The van der Waals surface area contributed by atoms with Crippen LogP contribution in [-0.4, -0.2) is 36.5 Å². The van der Waals surface area contributed by atoms with Gasteiger partial charge in [-0.2, -0.15) is 0 Å². The molecule has 0 spiro atoms. The molecule has 8 heteroatoms. The van der Waals surface area contributed by atoms with Crippen LogP contribution in [0.4, 0.5) is 5.69 Å². The van der Waals surface area contributed by atoms with Crippen LogP contribution in [0.1, 0.15) is 19.8 Å². The average molecular weight is 401 g/mol. The number of halogens is 4. The fourth-order valence-electron chi connectivity index (χ4n) is 2.68. The Morgan fingerprint density at radius 3 is 2.65 bits per heavy atom. The average Bonchev–Trinajstić information content (AvgIpc) is 2.45. The number of nitrogens with one attached hydrogen (secondary N) is 1. The maximum atomic E-state index is 12.2. The summed E-state index contributed by atoms with van der Waals surface area (Å²) in [6.07, 6.45) is 2.18. The molecule has 0 aromatic heterocycles. The Hall–Kier alpha value is -0.230. The standard InChI is InChI=1S/C15H20Cl3N3O.ClH/c1-9(19)10-3-2-4-21(7-10)8-15(22)20-14-6-12(17)11(16)5-13(14)18;/h5-6,9-10H,2-4,7-8,19H2,1H3,(H,20,22);1H. The third kappa shape index (κ3) is 5.96.